The molecular formula is C13H18N2O2S2. The third-order valence-corrected chi connectivity index (χ3v) is 5.24. The van der Waals surface area contributed by atoms with E-state index in [1.165, 1.54) is 12.1 Å². The molecular weight excluding hydrogens is 280 g/mol. The van der Waals surface area contributed by atoms with E-state index in [2.05, 4.69) is 11.6 Å². The molecule has 0 bridgehead atoms. The minimum atomic E-state index is -3.44. The van der Waals surface area contributed by atoms with Gasteiger partial charge in [0.05, 0.1) is 4.90 Å². The smallest absolute Gasteiger partial charge is 0.240 e. The fourth-order valence-electron chi connectivity index (χ4n) is 2.40. The minimum absolute atomic E-state index is 0.0512. The highest BCUT2D eigenvalue weighted by Gasteiger charge is 2.26. The van der Waals surface area contributed by atoms with Crippen LogP contribution in [-0.4, -0.2) is 19.4 Å². The molecule has 3 N–H and O–H groups in total. The fourth-order valence-corrected chi connectivity index (χ4v) is 3.82. The first-order chi connectivity index (χ1) is 8.88. The van der Waals surface area contributed by atoms with E-state index in [1.54, 1.807) is 12.1 Å². The van der Waals surface area contributed by atoms with Crippen molar-refractivity contribution in [3.63, 3.8) is 0 Å². The largest absolute Gasteiger partial charge is 0.389 e. The molecule has 0 aromatic heterocycles. The molecule has 1 fully saturated rings. The molecule has 1 aromatic carbocycles. The summed E-state index contributed by atoms with van der Waals surface area (Å²) in [7, 11) is -3.44. The second-order valence-electron chi connectivity index (χ2n) is 5.13. The maximum Gasteiger partial charge on any atom is 0.240 e. The van der Waals surface area contributed by atoms with Crippen LogP contribution in [-0.2, 0) is 10.0 Å². The minimum Gasteiger partial charge on any atom is -0.389 e. The Hall–Kier alpha value is -0.980. The SMILES string of the molecule is CC1CCC(NS(=O)(=O)c2ccc(C(N)=S)cc2)C1. The zero-order valence-corrected chi connectivity index (χ0v) is 12.4. The highest BCUT2D eigenvalue weighted by Crippen LogP contribution is 2.26. The molecule has 0 saturated heterocycles. The normalized spacial score (nSPS) is 23.4. The molecule has 1 aliphatic rings. The van der Waals surface area contributed by atoms with Gasteiger partial charge in [-0.15, -0.1) is 0 Å². The number of nitrogens with two attached hydrogens (primary N) is 1. The Kier molecular flexibility index (Phi) is 4.23. The summed E-state index contributed by atoms with van der Waals surface area (Å²) in [5, 5.41) is 0. The van der Waals surface area contributed by atoms with Gasteiger partial charge in [0.25, 0.3) is 0 Å². The van der Waals surface area contributed by atoms with E-state index in [0.717, 1.165) is 19.3 Å². The lowest BCUT2D eigenvalue weighted by molar-refractivity contribution is 0.538. The van der Waals surface area contributed by atoms with E-state index in [4.69, 9.17) is 18.0 Å². The number of benzene rings is 1. The predicted octanol–water partition coefficient (Wildman–Crippen LogP) is 1.79. The molecule has 19 heavy (non-hydrogen) atoms. The van der Waals surface area contributed by atoms with Crippen LogP contribution in [0.25, 0.3) is 0 Å². The van der Waals surface area contributed by atoms with E-state index < -0.39 is 10.0 Å². The fraction of sp³-hybridized carbons (Fsp3) is 0.462. The molecule has 4 nitrogen and oxygen atoms in total. The first kappa shape index (κ1) is 14.4. The lowest BCUT2D eigenvalue weighted by atomic mass is 10.1. The lowest BCUT2D eigenvalue weighted by Crippen LogP contribution is -2.32. The molecule has 1 saturated carbocycles. The quantitative estimate of drug-likeness (QED) is 0.831. The third kappa shape index (κ3) is 3.52. The monoisotopic (exact) mass is 298 g/mol. The zero-order valence-electron chi connectivity index (χ0n) is 10.8. The van der Waals surface area contributed by atoms with Crippen molar-refractivity contribution >= 4 is 27.2 Å². The number of sulfonamides is 1. The van der Waals surface area contributed by atoms with Gasteiger partial charge in [0.2, 0.25) is 10.0 Å². The van der Waals surface area contributed by atoms with Crippen molar-refractivity contribution < 1.29 is 8.42 Å². The van der Waals surface area contributed by atoms with Crippen molar-refractivity contribution in [3.8, 4) is 0 Å². The van der Waals surface area contributed by atoms with Gasteiger partial charge in [-0.25, -0.2) is 13.1 Å². The summed E-state index contributed by atoms with van der Waals surface area (Å²) in [6.07, 6.45) is 2.89. The molecule has 0 aliphatic heterocycles. The Balaban J connectivity index is 2.13. The molecule has 0 radical (unpaired) electrons. The molecule has 1 aromatic rings. The number of hydrogen-bond donors (Lipinski definition) is 2. The van der Waals surface area contributed by atoms with Crippen molar-refractivity contribution in [1.82, 2.24) is 4.72 Å². The number of nitrogens with one attached hydrogen (secondary N) is 1. The van der Waals surface area contributed by atoms with Crippen LogP contribution >= 0.6 is 12.2 Å². The Morgan fingerprint density at radius 1 is 1.32 bits per heavy atom. The number of rotatable bonds is 4. The van der Waals surface area contributed by atoms with Crippen LogP contribution in [0.3, 0.4) is 0 Å². The predicted molar refractivity (Wildman–Crippen MR) is 79.5 cm³/mol. The van der Waals surface area contributed by atoms with Crippen molar-refractivity contribution in [2.75, 3.05) is 0 Å². The van der Waals surface area contributed by atoms with E-state index in [-0.39, 0.29) is 15.9 Å². The lowest BCUT2D eigenvalue weighted by Gasteiger charge is -2.13. The Bertz CT molecular complexity index is 567. The standard InChI is InChI=1S/C13H18N2O2S2/c1-9-2-5-11(8-9)15-19(16,17)12-6-3-10(4-7-12)13(14)18/h3-4,6-7,9,11,15H,2,5,8H2,1H3,(H2,14,18). The molecule has 6 heteroatoms. The van der Waals surface area contributed by atoms with Crippen molar-refractivity contribution in [1.29, 1.82) is 0 Å². The summed E-state index contributed by atoms with van der Waals surface area (Å²) in [6, 6.07) is 6.39. The van der Waals surface area contributed by atoms with Crippen LogP contribution < -0.4 is 10.5 Å². The maximum absolute atomic E-state index is 12.2. The Morgan fingerprint density at radius 2 is 1.95 bits per heavy atom. The van der Waals surface area contributed by atoms with E-state index >= 15 is 0 Å². The number of hydrogen-bond acceptors (Lipinski definition) is 3. The summed E-state index contributed by atoms with van der Waals surface area (Å²) in [5.74, 6) is 0.588. The first-order valence-corrected chi connectivity index (χ1v) is 8.20. The van der Waals surface area contributed by atoms with Crippen LogP contribution in [0.1, 0.15) is 31.7 Å². The highest BCUT2D eigenvalue weighted by molar-refractivity contribution is 7.89. The van der Waals surface area contributed by atoms with E-state index in [9.17, 15) is 8.42 Å². The summed E-state index contributed by atoms with van der Waals surface area (Å²) in [6.45, 7) is 2.14. The van der Waals surface area contributed by atoms with Gasteiger partial charge in [-0.3, -0.25) is 0 Å². The van der Waals surface area contributed by atoms with Crippen LogP contribution in [0.15, 0.2) is 29.2 Å². The van der Waals surface area contributed by atoms with Crippen molar-refractivity contribution in [2.45, 2.75) is 37.1 Å². The first-order valence-electron chi connectivity index (χ1n) is 6.30. The summed E-state index contributed by atoms with van der Waals surface area (Å²) in [4.78, 5) is 0.522. The van der Waals surface area contributed by atoms with Crippen molar-refractivity contribution in [3.05, 3.63) is 29.8 Å². The van der Waals surface area contributed by atoms with E-state index in [1.807, 2.05) is 0 Å². The highest BCUT2D eigenvalue weighted by atomic mass is 32.2. The van der Waals surface area contributed by atoms with Gasteiger partial charge in [0.1, 0.15) is 4.99 Å². The molecule has 2 unspecified atom stereocenters. The third-order valence-electron chi connectivity index (χ3n) is 3.47. The summed E-state index contributed by atoms with van der Waals surface area (Å²) >= 11 is 4.84. The summed E-state index contributed by atoms with van der Waals surface area (Å²) < 4.78 is 27.2. The summed E-state index contributed by atoms with van der Waals surface area (Å²) in [5.41, 5.74) is 6.16. The molecule has 0 spiro atoms. The van der Waals surface area contributed by atoms with Gasteiger partial charge < -0.3 is 5.73 Å². The van der Waals surface area contributed by atoms with E-state index in [0.29, 0.717) is 11.5 Å². The second kappa shape index (κ2) is 5.56. The van der Waals surface area contributed by atoms with Crippen LogP contribution in [0, 0.1) is 5.92 Å². The average molecular weight is 298 g/mol. The van der Waals surface area contributed by atoms with Crippen molar-refractivity contribution in [2.24, 2.45) is 11.7 Å². The average Bonchev–Trinajstić information content (AvgIpc) is 2.74. The van der Waals surface area contributed by atoms with Gasteiger partial charge in [0.15, 0.2) is 0 Å². The Morgan fingerprint density at radius 3 is 2.42 bits per heavy atom. The maximum atomic E-state index is 12.2. The number of thiocarbonyl (C=S) groups is 1. The molecule has 0 heterocycles. The topological polar surface area (TPSA) is 72.2 Å². The molecule has 0 amide bonds. The second-order valence-corrected chi connectivity index (χ2v) is 7.28. The van der Waals surface area contributed by atoms with Crippen LogP contribution in [0.5, 0.6) is 0 Å². The van der Waals surface area contributed by atoms with Gasteiger partial charge in [-0.2, -0.15) is 0 Å². The van der Waals surface area contributed by atoms with Gasteiger partial charge in [-0.05, 0) is 37.3 Å². The zero-order chi connectivity index (χ0) is 14.0. The molecule has 2 atom stereocenters. The Labute approximate surface area is 119 Å². The molecule has 104 valence electrons. The molecule has 1 aliphatic carbocycles. The van der Waals surface area contributed by atoms with Crippen LogP contribution in [0.2, 0.25) is 0 Å². The van der Waals surface area contributed by atoms with Crippen LogP contribution in [0.4, 0.5) is 0 Å². The van der Waals surface area contributed by atoms with Gasteiger partial charge in [-0.1, -0.05) is 31.3 Å². The van der Waals surface area contributed by atoms with Gasteiger partial charge in [0, 0.05) is 11.6 Å². The molecule has 2 rings (SSSR count). The van der Waals surface area contributed by atoms with Gasteiger partial charge >= 0.3 is 0 Å².